The van der Waals surface area contributed by atoms with Gasteiger partial charge in [0.25, 0.3) is 0 Å². The third-order valence-electron chi connectivity index (χ3n) is 2.59. The van der Waals surface area contributed by atoms with E-state index in [-0.39, 0.29) is 0 Å². The van der Waals surface area contributed by atoms with Crippen LogP contribution >= 0.6 is 0 Å². The van der Waals surface area contributed by atoms with Crippen molar-refractivity contribution < 1.29 is 9.53 Å². The first kappa shape index (κ1) is 10.8. The van der Waals surface area contributed by atoms with Crippen molar-refractivity contribution in [3.63, 3.8) is 0 Å². The highest BCUT2D eigenvalue weighted by molar-refractivity contribution is 6.17. The summed E-state index contributed by atoms with van der Waals surface area (Å²) in [5.74, 6) is 0. The van der Waals surface area contributed by atoms with Crippen LogP contribution in [0.5, 0.6) is 0 Å². The van der Waals surface area contributed by atoms with Crippen molar-refractivity contribution >= 4 is 25.2 Å². The minimum Gasteiger partial charge on any atom is -0.449 e. The van der Waals surface area contributed by atoms with Crippen molar-refractivity contribution in [2.75, 3.05) is 5.32 Å². The predicted octanol–water partition coefficient (Wildman–Crippen LogP) is 2.62. The Morgan fingerprint density at radius 1 is 1.56 bits per heavy atom. The second kappa shape index (κ2) is 3.40. The van der Waals surface area contributed by atoms with Gasteiger partial charge in [0, 0.05) is 11.1 Å². The number of benzene rings is 1. The Labute approximate surface area is 95.9 Å². The zero-order chi connectivity index (χ0) is 11.9. The lowest BCUT2D eigenvalue weighted by atomic mass is 9.75. The van der Waals surface area contributed by atoms with E-state index in [0.717, 1.165) is 16.7 Å². The Bertz CT molecular complexity index is 480. The molecule has 0 aliphatic carbocycles. The Morgan fingerprint density at radius 3 is 2.88 bits per heavy atom. The van der Waals surface area contributed by atoms with Gasteiger partial charge in [-0.3, -0.25) is 5.32 Å². The molecule has 0 saturated carbocycles. The molecule has 3 nitrogen and oxygen atoms in total. The summed E-state index contributed by atoms with van der Waals surface area (Å²) in [6.07, 6.45) is -0.536. The zero-order valence-corrected chi connectivity index (χ0v) is 9.33. The van der Waals surface area contributed by atoms with E-state index in [4.69, 9.17) is 12.6 Å². The number of anilines is 1. The molecule has 16 heavy (non-hydrogen) atoms. The fourth-order valence-electron chi connectivity index (χ4n) is 1.83. The summed E-state index contributed by atoms with van der Waals surface area (Å²) in [6, 6.07) is 5.60. The van der Waals surface area contributed by atoms with E-state index >= 15 is 0 Å². The first-order chi connectivity index (χ1) is 7.42. The van der Waals surface area contributed by atoms with Gasteiger partial charge >= 0.3 is 6.09 Å². The largest absolute Gasteiger partial charge is 0.449 e. The molecule has 4 heteroatoms. The smallest absolute Gasteiger partial charge is 0.411 e. The topological polar surface area (TPSA) is 38.3 Å². The molecule has 1 aromatic carbocycles. The molecule has 1 aliphatic heterocycles. The maximum Gasteiger partial charge on any atom is 0.411 e. The SMILES string of the molecule is [B]C1(C)OC(=O)Nc2c(C(=C)C)cccc21. The van der Waals surface area contributed by atoms with Gasteiger partial charge in [0.15, 0.2) is 0 Å². The average molecular weight is 213 g/mol. The van der Waals surface area contributed by atoms with E-state index in [1.54, 1.807) is 6.92 Å². The van der Waals surface area contributed by atoms with Crippen LogP contribution in [-0.4, -0.2) is 13.9 Å². The summed E-state index contributed by atoms with van der Waals surface area (Å²) < 4.78 is 5.03. The Hall–Kier alpha value is -1.71. The number of rotatable bonds is 1. The minimum atomic E-state index is -1.09. The highest BCUT2D eigenvalue weighted by Gasteiger charge is 2.33. The molecule has 80 valence electrons. The van der Waals surface area contributed by atoms with Crippen molar-refractivity contribution in [1.82, 2.24) is 0 Å². The normalized spacial score (nSPS) is 23.0. The number of allylic oxidation sites excluding steroid dienone is 1. The van der Waals surface area contributed by atoms with E-state index in [1.165, 1.54) is 0 Å². The maximum absolute atomic E-state index is 11.4. The first-order valence-corrected chi connectivity index (χ1v) is 5.00. The molecular formula is C12H12BNO2. The summed E-state index contributed by atoms with van der Waals surface area (Å²) in [4.78, 5) is 11.4. The minimum absolute atomic E-state index is 0.536. The van der Waals surface area contributed by atoms with E-state index in [0.29, 0.717) is 5.69 Å². The van der Waals surface area contributed by atoms with Gasteiger partial charge in [0.1, 0.15) is 7.85 Å². The molecule has 1 aromatic rings. The van der Waals surface area contributed by atoms with Gasteiger partial charge in [-0.15, -0.1) is 0 Å². The van der Waals surface area contributed by atoms with E-state index in [2.05, 4.69) is 11.9 Å². The van der Waals surface area contributed by atoms with Gasteiger partial charge in [-0.05, 0) is 19.4 Å². The summed E-state index contributed by atoms with van der Waals surface area (Å²) >= 11 is 0. The molecule has 0 aromatic heterocycles. The quantitative estimate of drug-likeness (QED) is 0.728. The summed E-state index contributed by atoms with van der Waals surface area (Å²) in [5.41, 5.74) is 2.10. The molecule has 0 fully saturated rings. The highest BCUT2D eigenvalue weighted by atomic mass is 16.6. The van der Waals surface area contributed by atoms with Crippen LogP contribution in [0.25, 0.3) is 5.57 Å². The standard InChI is InChI=1S/C12H12BNO2/c1-7(2)8-5-4-6-9-10(8)14-11(15)16-12(9,3)13/h4-6H,1H2,2-3H3,(H,14,15). The lowest BCUT2D eigenvalue weighted by Crippen LogP contribution is -2.37. The molecule has 1 aliphatic rings. The number of carbonyl (C=O) groups is 1. The van der Waals surface area contributed by atoms with E-state index in [1.807, 2.05) is 25.1 Å². The van der Waals surface area contributed by atoms with Crippen LogP contribution in [0.3, 0.4) is 0 Å². The van der Waals surface area contributed by atoms with Crippen molar-refractivity contribution in [3.8, 4) is 0 Å². The lowest BCUT2D eigenvalue weighted by Gasteiger charge is -2.34. The number of para-hydroxylation sites is 1. The summed E-state index contributed by atoms with van der Waals surface area (Å²) in [6.45, 7) is 7.41. The molecule has 1 unspecified atom stereocenters. The number of carbonyl (C=O) groups excluding carboxylic acids is 1. The van der Waals surface area contributed by atoms with Crippen molar-refractivity contribution in [3.05, 3.63) is 35.9 Å². The maximum atomic E-state index is 11.4. The van der Waals surface area contributed by atoms with Gasteiger partial charge in [0.2, 0.25) is 0 Å². The van der Waals surface area contributed by atoms with Gasteiger partial charge in [-0.1, -0.05) is 24.8 Å². The molecule has 1 N–H and O–H groups in total. The summed E-state index contributed by atoms with van der Waals surface area (Å²) in [7, 11) is 5.94. The Morgan fingerprint density at radius 2 is 2.25 bits per heavy atom. The second-order valence-electron chi connectivity index (χ2n) is 4.13. The number of hydrogen-bond donors (Lipinski definition) is 1. The van der Waals surface area contributed by atoms with E-state index < -0.39 is 11.6 Å². The summed E-state index contributed by atoms with van der Waals surface area (Å²) in [5, 5.41) is 2.66. The third kappa shape index (κ3) is 1.60. The van der Waals surface area contributed by atoms with Crippen LogP contribution in [0.4, 0.5) is 10.5 Å². The van der Waals surface area contributed by atoms with E-state index in [9.17, 15) is 4.79 Å². The van der Waals surface area contributed by atoms with Gasteiger partial charge in [-0.25, -0.2) is 4.79 Å². The number of cyclic esters (lactones) is 1. The predicted molar refractivity (Wildman–Crippen MR) is 64.4 cm³/mol. The lowest BCUT2D eigenvalue weighted by molar-refractivity contribution is 0.0885. The van der Waals surface area contributed by atoms with Gasteiger partial charge in [-0.2, -0.15) is 0 Å². The molecule has 2 radical (unpaired) electrons. The Balaban J connectivity index is 2.66. The van der Waals surface area contributed by atoms with Gasteiger partial charge in [0.05, 0.1) is 11.2 Å². The van der Waals surface area contributed by atoms with Crippen LogP contribution in [0.2, 0.25) is 0 Å². The van der Waals surface area contributed by atoms with Crippen LogP contribution in [-0.2, 0) is 10.2 Å². The number of ether oxygens (including phenoxy) is 1. The number of hydrogen-bond acceptors (Lipinski definition) is 2. The molecule has 1 atom stereocenters. The second-order valence-corrected chi connectivity index (χ2v) is 4.13. The van der Waals surface area contributed by atoms with Crippen LogP contribution in [0.1, 0.15) is 25.0 Å². The molecular weight excluding hydrogens is 201 g/mol. The first-order valence-electron chi connectivity index (χ1n) is 5.00. The number of nitrogens with one attached hydrogen (secondary N) is 1. The van der Waals surface area contributed by atoms with Gasteiger partial charge < -0.3 is 4.74 Å². The molecule has 1 amide bonds. The molecule has 0 saturated heterocycles. The van der Waals surface area contributed by atoms with Crippen LogP contribution in [0, 0.1) is 0 Å². The monoisotopic (exact) mass is 213 g/mol. The fraction of sp³-hybridized carbons (Fsp3) is 0.250. The van der Waals surface area contributed by atoms with Crippen LogP contribution < -0.4 is 5.32 Å². The number of amides is 1. The van der Waals surface area contributed by atoms with Crippen molar-refractivity contribution in [2.24, 2.45) is 0 Å². The number of fused-ring (bicyclic) bond motifs is 1. The molecule has 1 heterocycles. The van der Waals surface area contributed by atoms with Crippen molar-refractivity contribution in [1.29, 1.82) is 0 Å². The molecule has 0 spiro atoms. The zero-order valence-electron chi connectivity index (χ0n) is 9.33. The third-order valence-corrected chi connectivity index (χ3v) is 2.59. The van der Waals surface area contributed by atoms with Crippen molar-refractivity contribution in [2.45, 2.75) is 19.3 Å². The fourth-order valence-corrected chi connectivity index (χ4v) is 1.83. The van der Waals surface area contributed by atoms with Crippen LogP contribution in [0.15, 0.2) is 24.8 Å². The highest BCUT2D eigenvalue weighted by Crippen LogP contribution is 2.37. The molecule has 2 rings (SSSR count). The molecule has 0 bridgehead atoms. The Kier molecular flexibility index (Phi) is 2.30. The average Bonchev–Trinajstić information content (AvgIpc) is 2.15.